The van der Waals surface area contributed by atoms with Crippen LogP contribution in [0.1, 0.15) is 34.6 Å². The number of hydrogen-bond donors (Lipinski definition) is 1. The molecule has 0 fully saturated rings. The van der Waals surface area contributed by atoms with E-state index in [0.717, 1.165) is 12.8 Å². The molecule has 90 valence electrons. The van der Waals surface area contributed by atoms with Crippen molar-refractivity contribution in [3.63, 3.8) is 0 Å². The van der Waals surface area contributed by atoms with Gasteiger partial charge in [-0.2, -0.15) is 0 Å². The quantitative estimate of drug-likeness (QED) is 0.846. The largest absolute Gasteiger partial charge is 0.405 e. The van der Waals surface area contributed by atoms with Gasteiger partial charge in [0.15, 0.2) is 0 Å². The minimum absolute atomic E-state index is 0.450. The number of nitrogens with two attached hydrogens (primary N) is 1. The molecule has 2 aromatic rings. The molecule has 0 aromatic heterocycles. The summed E-state index contributed by atoms with van der Waals surface area (Å²) in [5, 5.41) is 0. The summed E-state index contributed by atoms with van der Waals surface area (Å²) in [4.78, 5) is 0. The van der Waals surface area contributed by atoms with Gasteiger partial charge in [0.2, 0.25) is 0 Å². The van der Waals surface area contributed by atoms with Gasteiger partial charge in [-0.25, -0.2) is 0 Å². The van der Waals surface area contributed by atoms with Crippen LogP contribution in [0.4, 0.5) is 0 Å². The van der Waals surface area contributed by atoms with E-state index in [1.807, 2.05) is 0 Å². The molecule has 2 aromatic carbocycles. The van der Waals surface area contributed by atoms with Gasteiger partial charge >= 0.3 is 0 Å². The normalized spacial score (nSPS) is 14.4. The Balaban J connectivity index is 2.11. The fourth-order valence-electron chi connectivity index (χ4n) is 2.91. The zero-order valence-electron chi connectivity index (χ0n) is 10.3. The summed E-state index contributed by atoms with van der Waals surface area (Å²) >= 11 is 0. The van der Waals surface area contributed by atoms with Crippen LogP contribution >= 0.6 is 0 Å². The molecule has 1 aliphatic carbocycles. The second-order valence-electron chi connectivity index (χ2n) is 4.79. The summed E-state index contributed by atoms with van der Waals surface area (Å²) in [6, 6.07) is 17.5. The monoisotopic (exact) mass is 235 g/mol. The molecule has 0 spiro atoms. The van der Waals surface area contributed by atoms with Gasteiger partial charge in [0.1, 0.15) is 0 Å². The third-order valence-corrected chi connectivity index (χ3v) is 3.75. The van der Waals surface area contributed by atoms with Crippen molar-refractivity contribution in [3.05, 3.63) is 83.1 Å². The summed E-state index contributed by atoms with van der Waals surface area (Å²) in [5.41, 5.74) is 11.3. The average Bonchev–Trinajstić information content (AvgIpc) is 2.43. The van der Waals surface area contributed by atoms with E-state index in [1.54, 1.807) is 6.20 Å². The summed E-state index contributed by atoms with van der Waals surface area (Å²) < 4.78 is 0. The molecule has 0 heterocycles. The van der Waals surface area contributed by atoms with Crippen molar-refractivity contribution >= 4 is 0 Å². The number of benzene rings is 2. The van der Waals surface area contributed by atoms with Crippen molar-refractivity contribution in [1.82, 2.24) is 0 Å². The predicted molar refractivity (Wildman–Crippen MR) is 75.5 cm³/mol. The van der Waals surface area contributed by atoms with Crippen molar-refractivity contribution < 1.29 is 0 Å². The first-order chi connectivity index (χ1) is 8.90. The highest BCUT2D eigenvalue weighted by Gasteiger charge is 2.23. The van der Waals surface area contributed by atoms with Gasteiger partial charge in [0.25, 0.3) is 0 Å². The second-order valence-corrected chi connectivity index (χ2v) is 4.79. The third-order valence-electron chi connectivity index (χ3n) is 3.75. The summed E-state index contributed by atoms with van der Waals surface area (Å²) in [7, 11) is 0. The van der Waals surface area contributed by atoms with E-state index in [2.05, 4.69) is 54.6 Å². The molecule has 1 aliphatic rings. The Bertz CT molecular complexity index is 538. The number of hydrogen-bond acceptors (Lipinski definition) is 1. The first-order valence-corrected chi connectivity index (χ1v) is 6.42. The van der Waals surface area contributed by atoms with Gasteiger partial charge in [0, 0.05) is 5.92 Å². The molecular formula is C17H17N. The van der Waals surface area contributed by atoms with Crippen LogP contribution in [-0.4, -0.2) is 0 Å². The van der Waals surface area contributed by atoms with Gasteiger partial charge in [0.05, 0.1) is 0 Å². The Morgan fingerprint density at radius 3 is 2.06 bits per heavy atom. The van der Waals surface area contributed by atoms with Crippen molar-refractivity contribution in [2.75, 3.05) is 0 Å². The minimum atomic E-state index is 0.450. The number of allylic oxidation sites excluding steroid dienone is 1. The molecule has 18 heavy (non-hydrogen) atoms. The Hall–Kier alpha value is -2.02. The second kappa shape index (κ2) is 4.69. The molecule has 0 unspecified atom stereocenters. The van der Waals surface area contributed by atoms with Crippen molar-refractivity contribution in [1.29, 1.82) is 0 Å². The molecule has 0 saturated heterocycles. The van der Waals surface area contributed by atoms with E-state index in [1.165, 1.54) is 22.3 Å². The number of fused-ring (bicyclic) bond motifs is 2. The highest BCUT2D eigenvalue weighted by Crippen LogP contribution is 2.38. The predicted octanol–water partition coefficient (Wildman–Crippen LogP) is 3.59. The zero-order chi connectivity index (χ0) is 12.4. The van der Waals surface area contributed by atoms with Crippen molar-refractivity contribution in [3.8, 4) is 0 Å². The number of rotatable bonds is 2. The van der Waals surface area contributed by atoms with Crippen LogP contribution in [0.3, 0.4) is 0 Å². The molecule has 3 rings (SSSR count). The van der Waals surface area contributed by atoms with Crippen LogP contribution in [-0.2, 0) is 6.42 Å². The van der Waals surface area contributed by atoms with Crippen LogP contribution in [0, 0.1) is 0 Å². The SMILES string of the molecule is NC=CCC1c2ccccc2Cc2ccccc21. The topological polar surface area (TPSA) is 26.0 Å². The van der Waals surface area contributed by atoms with E-state index in [9.17, 15) is 0 Å². The van der Waals surface area contributed by atoms with Gasteiger partial charge in [-0.1, -0.05) is 54.6 Å². The van der Waals surface area contributed by atoms with E-state index in [0.29, 0.717) is 5.92 Å². The highest BCUT2D eigenvalue weighted by molar-refractivity contribution is 5.49. The smallest absolute Gasteiger partial charge is 0.0130 e. The lowest BCUT2D eigenvalue weighted by molar-refractivity contribution is 0.777. The molecule has 2 N–H and O–H groups in total. The summed E-state index contributed by atoms with van der Waals surface area (Å²) in [6.07, 6.45) is 5.74. The standard InChI is InChI=1S/C17H17N/c18-11-5-10-17-15-8-3-1-6-13(15)12-14-7-2-4-9-16(14)17/h1-9,11,17H,10,12,18H2. The lowest BCUT2D eigenvalue weighted by atomic mass is 9.77. The molecule has 1 nitrogen and oxygen atoms in total. The van der Waals surface area contributed by atoms with E-state index in [-0.39, 0.29) is 0 Å². The molecular weight excluding hydrogens is 218 g/mol. The maximum Gasteiger partial charge on any atom is 0.0130 e. The van der Waals surface area contributed by atoms with Crippen LogP contribution in [0.15, 0.2) is 60.8 Å². The molecule has 0 radical (unpaired) electrons. The zero-order valence-corrected chi connectivity index (χ0v) is 10.3. The highest BCUT2D eigenvalue weighted by atomic mass is 14.5. The summed E-state index contributed by atoms with van der Waals surface area (Å²) in [5.74, 6) is 0.450. The van der Waals surface area contributed by atoms with Crippen LogP contribution in [0.5, 0.6) is 0 Å². The van der Waals surface area contributed by atoms with E-state index in [4.69, 9.17) is 5.73 Å². The maximum absolute atomic E-state index is 5.51. The average molecular weight is 235 g/mol. The van der Waals surface area contributed by atoms with Crippen LogP contribution in [0.2, 0.25) is 0 Å². The lowest BCUT2D eigenvalue weighted by Crippen LogP contribution is -2.13. The molecule has 0 saturated carbocycles. The van der Waals surface area contributed by atoms with Crippen molar-refractivity contribution in [2.45, 2.75) is 18.8 Å². The Morgan fingerprint density at radius 1 is 0.944 bits per heavy atom. The molecule has 1 heteroatoms. The Kier molecular flexibility index (Phi) is 2.89. The first-order valence-electron chi connectivity index (χ1n) is 6.42. The fourth-order valence-corrected chi connectivity index (χ4v) is 2.91. The molecule has 0 atom stereocenters. The molecule has 0 bridgehead atoms. The first kappa shape index (κ1) is 11.1. The third kappa shape index (κ3) is 1.82. The maximum atomic E-state index is 5.51. The summed E-state index contributed by atoms with van der Waals surface area (Å²) in [6.45, 7) is 0. The Morgan fingerprint density at radius 2 is 1.50 bits per heavy atom. The van der Waals surface area contributed by atoms with Gasteiger partial charge in [-0.15, -0.1) is 0 Å². The molecule has 0 aliphatic heterocycles. The van der Waals surface area contributed by atoms with Gasteiger partial charge < -0.3 is 5.73 Å². The molecule has 0 amide bonds. The Labute approximate surface area is 108 Å². The van der Waals surface area contributed by atoms with Gasteiger partial charge in [-0.3, -0.25) is 0 Å². The fraction of sp³-hybridized carbons (Fsp3) is 0.176. The van der Waals surface area contributed by atoms with Crippen LogP contribution < -0.4 is 5.73 Å². The van der Waals surface area contributed by atoms with E-state index < -0.39 is 0 Å². The van der Waals surface area contributed by atoms with Crippen LogP contribution in [0.25, 0.3) is 0 Å². The van der Waals surface area contributed by atoms with Gasteiger partial charge in [-0.05, 0) is 41.3 Å². The van der Waals surface area contributed by atoms with E-state index >= 15 is 0 Å². The minimum Gasteiger partial charge on any atom is -0.405 e. The lowest BCUT2D eigenvalue weighted by Gasteiger charge is -2.27. The van der Waals surface area contributed by atoms with Crippen molar-refractivity contribution in [2.24, 2.45) is 5.73 Å².